The highest BCUT2D eigenvalue weighted by molar-refractivity contribution is 9.10. The van der Waals surface area contributed by atoms with Crippen molar-refractivity contribution < 1.29 is 4.79 Å². The van der Waals surface area contributed by atoms with Gasteiger partial charge in [0.2, 0.25) is 5.91 Å². The summed E-state index contributed by atoms with van der Waals surface area (Å²) in [6, 6.07) is 0.550. The number of hydrogen-bond acceptors (Lipinski definition) is 1. The molecule has 0 bridgehead atoms. The second kappa shape index (κ2) is 4.26. The Hall–Kier alpha value is -0.0500. The maximum absolute atomic E-state index is 11.7. The minimum Gasteiger partial charge on any atom is -0.339 e. The van der Waals surface area contributed by atoms with Gasteiger partial charge in [-0.05, 0) is 26.2 Å². The van der Waals surface area contributed by atoms with Crippen molar-refractivity contribution >= 4 is 21.8 Å². The molecule has 1 rings (SSSR count). The van der Waals surface area contributed by atoms with E-state index in [1.54, 1.807) is 0 Å². The number of hydrogen-bond donors (Lipinski definition) is 0. The first-order valence-corrected chi connectivity index (χ1v) is 5.56. The first-order chi connectivity index (χ1) is 5.70. The minimum atomic E-state index is 0.0260. The molecule has 3 heteroatoms. The maximum atomic E-state index is 11.7. The van der Waals surface area contributed by atoms with Crippen LogP contribution in [0.3, 0.4) is 0 Å². The smallest absolute Gasteiger partial charge is 0.236 e. The Labute approximate surface area is 82.4 Å². The zero-order valence-electron chi connectivity index (χ0n) is 7.72. The number of alkyl halides is 1. The minimum absolute atomic E-state index is 0.0260. The van der Waals surface area contributed by atoms with Gasteiger partial charge in [0.25, 0.3) is 0 Å². The third kappa shape index (κ3) is 2.22. The fourth-order valence-electron chi connectivity index (χ4n) is 1.33. The standard InChI is InChI=1S/C9H16BrNO/c1-3-8(10)9(12)11(4-2)7-5-6-7/h7-8H,3-6H2,1-2H3. The van der Waals surface area contributed by atoms with Crippen LogP contribution in [0.4, 0.5) is 0 Å². The summed E-state index contributed by atoms with van der Waals surface area (Å²) in [6.45, 7) is 4.93. The summed E-state index contributed by atoms with van der Waals surface area (Å²) in [7, 11) is 0. The Morgan fingerprint density at radius 3 is 2.50 bits per heavy atom. The molecule has 0 aromatic carbocycles. The van der Waals surface area contributed by atoms with Gasteiger partial charge in [-0.3, -0.25) is 4.79 Å². The van der Waals surface area contributed by atoms with Crippen molar-refractivity contribution in [1.82, 2.24) is 4.90 Å². The fraction of sp³-hybridized carbons (Fsp3) is 0.889. The summed E-state index contributed by atoms with van der Waals surface area (Å²) in [4.78, 5) is 13.7. The Morgan fingerprint density at radius 2 is 2.17 bits per heavy atom. The van der Waals surface area contributed by atoms with Crippen molar-refractivity contribution in [2.24, 2.45) is 0 Å². The predicted molar refractivity (Wildman–Crippen MR) is 53.4 cm³/mol. The Kier molecular flexibility index (Phi) is 3.56. The molecule has 0 saturated heterocycles. The van der Waals surface area contributed by atoms with Crippen LogP contribution in [0.2, 0.25) is 0 Å². The van der Waals surface area contributed by atoms with E-state index in [1.807, 2.05) is 18.7 Å². The van der Waals surface area contributed by atoms with E-state index in [2.05, 4.69) is 15.9 Å². The average molecular weight is 234 g/mol. The zero-order chi connectivity index (χ0) is 9.14. The topological polar surface area (TPSA) is 20.3 Å². The number of nitrogens with zero attached hydrogens (tertiary/aromatic N) is 1. The van der Waals surface area contributed by atoms with E-state index in [9.17, 15) is 4.79 Å². The summed E-state index contributed by atoms with van der Waals surface area (Å²) in [5.74, 6) is 0.266. The number of rotatable bonds is 4. The Balaban J connectivity index is 2.46. The van der Waals surface area contributed by atoms with Crippen molar-refractivity contribution in [1.29, 1.82) is 0 Å². The van der Waals surface area contributed by atoms with E-state index in [0.29, 0.717) is 6.04 Å². The van der Waals surface area contributed by atoms with E-state index in [0.717, 1.165) is 13.0 Å². The lowest BCUT2D eigenvalue weighted by molar-refractivity contribution is -0.130. The van der Waals surface area contributed by atoms with Crippen molar-refractivity contribution in [3.63, 3.8) is 0 Å². The second-order valence-electron chi connectivity index (χ2n) is 3.23. The van der Waals surface area contributed by atoms with E-state index in [-0.39, 0.29) is 10.7 Å². The third-order valence-corrected chi connectivity index (χ3v) is 3.28. The van der Waals surface area contributed by atoms with Gasteiger partial charge in [-0.15, -0.1) is 0 Å². The van der Waals surface area contributed by atoms with Gasteiger partial charge >= 0.3 is 0 Å². The normalized spacial score (nSPS) is 18.9. The molecule has 0 spiro atoms. The molecule has 0 heterocycles. The van der Waals surface area contributed by atoms with Crippen molar-refractivity contribution in [3.8, 4) is 0 Å². The van der Waals surface area contributed by atoms with Crippen LogP contribution in [0.15, 0.2) is 0 Å². The van der Waals surface area contributed by atoms with Crippen LogP contribution in [-0.2, 0) is 4.79 Å². The highest BCUT2D eigenvalue weighted by atomic mass is 79.9. The molecule has 2 nitrogen and oxygen atoms in total. The first-order valence-electron chi connectivity index (χ1n) is 4.65. The molecule has 0 N–H and O–H groups in total. The summed E-state index contributed by atoms with van der Waals surface area (Å²) < 4.78 is 0. The Morgan fingerprint density at radius 1 is 1.58 bits per heavy atom. The molecule has 0 aliphatic heterocycles. The van der Waals surface area contributed by atoms with Crippen LogP contribution in [0.1, 0.15) is 33.1 Å². The maximum Gasteiger partial charge on any atom is 0.236 e. The van der Waals surface area contributed by atoms with Gasteiger partial charge in [-0.25, -0.2) is 0 Å². The molecule has 0 aromatic rings. The Bertz CT molecular complexity index is 168. The summed E-state index contributed by atoms with van der Waals surface area (Å²) in [5.41, 5.74) is 0. The molecular weight excluding hydrogens is 218 g/mol. The number of carbonyl (C=O) groups excluding carboxylic acids is 1. The lowest BCUT2D eigenvalue weighted by Crippen LogP contribution is -2.37. The van der Waals surface area contributed by atoms with Gasteiger partial charge < -0.3 is 4.90 Å². The highest BCUT2D eigenvalue weighted by Gasteiger charge is 2.33. The van der Waals surface area contributed by atoms with Crippen LogP contribution < -0.4 is 0 Å². The van der Waals surface area contributed by atoms with Crippen LogP contribution in [0, 0.1) is 0 Å². The van der Waals surface area contributed by atoms with Crippen LogP contribution in [0.5, 0.6) is 0 Å². The van der Waals surface area contributed by atoms with Gasteiger partial charge in [-0.1, -0.05) is 22.9 Å². The molecule has 1 aliphatic carbocycles. The van der Waals surface area contributed by atoms with E-state index in [1.165, 1.54) is 12.8 Å². The molecule has 0 radical (unpaired) electrons. The summed E-state index contributed by atoms with van der Waals surface area (Å²) in [5, 5.41) is 0. The monoisotopic (exact) mass is 233 g/mol. The number of carbonyl (C=O) groups is 1. The third-order valence-electron chi connectivity index (χ3n) is 2.24. The van der Waals surface area contributed by atoms with Crippen molar-refractivity contribution in [3.05, 3.63) is 0 Å². The molecule has 0 aromatic heterocycles. The first kappa shape index (κ1) is 10.0. The number of halogens is 1. The highest BCUT2D eigenvalue weighted by Crippen LogP contribution is 2.28. The average Bonchev–Trinajstić information content (AvgIpc) is 2.88. The van der Waals surface area contributed by atoms with Crippen molar-refractivity contribution in [2.45, 2.75) is 44.0 Å². The van der Waals surface area contributed by atoms with E-state index >= 15 is 0 Å². The second-order valence-corrected chi connectivity index (χ2v) is 4.34. The van der Waals surface area contributed by atoms with Gasteiger partial charge in [0, 0.05) is 12.6 Å². The largest absolute Gasteiger partial charge is 0.339 e. The molecule has 1 aliphatic rings. The van der Waals surface area contributed by atoms with Gasteiger partial charge in [0.15, 0.2) is 0 Å². The van der Waals surface area contributed by atoms with Gasteiger partial charge in [0.05, 0.1) is 4.83 Å². The molecule has 1 amide bonds. The van der Waals surface area contributed by atoms with E-state index in [4.69, 9.17) is 0 Å². The molecule has 12 heavy (non-hydrogen) atoms. The molecule has 1 atom stereocenters. The molecule has 70 valence electrons. The zero-order valence-corrected chi connectivity index (χ0v) is 9.30. The molecule has 1 fully saturated rings. The van der Waals surface area contributed by atoms with Gasteiger partial charge in [0.1, 0.15) is 0 Å². The SMILES string of the molecule is CCC(Br)C(=O)N(CC)C1CC1. The molecule has 1 saturated carbocycles. The van der Waals surface area contributed by atoms with Crippen LogP contribution in [-0.4, -0.2) is 28.2 Å². The fourth-order valence-corrected chi connectivity index (χ4v) is 1.60. The predicted octanol–water partition coefficient (Wildman–Crippen LogP) is 2.17. The van der Waals surface area contributed by atoms with Crippen molar-refractivity contribution in [2.75, 3.05) is 6.54 Å². The quantitative estimate of drug-likeness (QED) is 0.682. The lowest BCUT2D eigenvalue weighted by atomic mass is 10.3. The number of amides is 1. The van der Waals surface area contributed by atoms with Crippen LogP contribution in [0.25, 0.3) is 0 Å². The van der Waals surface area contributed by atoms with Gasteiger partial charge in [-0.2, -0.15) is 0 Å². The van der Waals surface area contributed by atoms with Crippen LogP contribution >= 0.6 is 15.9 Å². The molecule has 1 unspecified atom stereocenters. The summed E-state index contributed by atoms with van der Waals surface area (Å²) >= 11 is 3.39. The molecular formula is C9H16BrNO. The van der Waals surface area contributed by atoms with E-state index < -0.39 is 0 Å². The lowest BCUT2D eigenvalue weighted by Gasteiger charge is -2.22. The summed E-state index contributed by atoms with van der Waals surface area (Å²) in [6.07, 6.45) is 3.27.